The molecule has 0 saturated carbocycles. The first-order valence-corrected chi connectivity index (χ1v) is 13.6. The molecule has 0 spiro atoms. The number of nitrogens with zero attached hydrogens (tertiary/aromatic N) is 3. The van der Waals surface area contributed by atoms with Gasteiger partial charge in [0.2, 0.25) is 10.0 Å². The number of aromatic nitrogens is 1. The van der Waals surface area contributed by atoms with E-state index >= 15 is 0 Å². The van der Waals surface area contributed by atoms with Crippen LogP contribution in [0, 0.1) is 6.92 Å². The number of hydrogen-bond acceptors (Lipinski definition) is 6. The van der Waals surface area contributed by atoms with Crippen LogP contribution in [0.1, 0.15) is 27.7 Å². The van der Waals surface area contributed by atoms with E-state index in [4.69, 9.17) is 0 Å². The minimum atomic E-state index is -3.29. The smallest absolute Gasteiger partial charge is 0.231 e. The van der Waals surface area contributed by atoms with Crippen LogP contribution in [-0.2, 0) is 16.4 Å². The molecule has 1 fully saturated rings. The van der Waals surface area contributed by atoms with Gasteiger partial charge in [0.1, 0.15) is 0 Å². The van der Waals surface area contributed by atoms with Crippen LogP contribution in [0.15, 0.2) is 60.7 Å². The Labute approximate surface area is 231 Å². The first kappa shape index (κ1) is 31.6. The maximum atomic E-state index is 11.5. The SMILES string of the molecule is Cc1nc(NS(C)(=O)=O)sc1CCN1CCN(C(c2ccccc2)c2ccccc2)CC1.Cl.Cl.Cl. The zero-order valence-electron chi connectivity index (χ0n) is 19.8. The second-order valence-corrected chi connectivity index (χ2v) is 11.1. The monoisotopic (exact) mass is 578 g/mol. The van der Waals surface area contributed by atoms with E-state index in [0.717, 1.165) is 56.0 Å². The standard InChI is InChI=1S/C24H30N4O2S2.3ClH/c1-19-22(31-24(25-19)26-32(2,29)30)13-14-27-15-17-28(18-16-27)23(20-9-5-3-6-10-20)21-11-7-4-8-12-21;;;/h3-12,23H,13-18H2,1-2H3,(H,25,26);3*1H. The quantitative estimate of drug-likeness (QED) is 0.405. The van der Waals surface area contributed by atoms with Gasteiger partial charge in [-0.3, -0.25) is 9.62 Å². The van der Waals surface area contributed by atoms with Crippen molar-refractivity contribution in [3.05, 3.63) is 82.4 Å². The Balaban J connectivity index is 0.00000204. The van der Waals surface area contributed by atoms with Crippen LogP contribution in [0.25, 0.3) is 0 Å². The fourth-order valence-electron chi connectivity index (χ4n) is 4.25. The molecule has 0 unspecified atom stereocenters. The third kappa shape index (κ3) is 8.89. The van der Waals surface area contributed by atoms with Gasteiger partial charge in [0.05, 0.1) is 18.0 Å². The van der Waals surface area contributed by atoms with E-state index in [1.165, 1.54) is 22.5 Å². The fraction of sp³-hybridized carbons (Fsp3) is 0.375. The maximum absolute atomic E-state index is 11.5. The summed E-state index contributed by atoms with van der Waals surface area (Å²) in [6.45, 7) is 6.96. The molecule has 2 heterocycles. The number of rotatable bonds is 8. The van der Waals surface area contributed by atoms with Gasteiger partial charge in [-0.1, -0.05) is 60.7 Å². The van der Waals surface area contributed by atoms with Gasteiger partial charge in [0.25, 0.3) is 0 Å². The summed E-state index contributed by atoms with van der Waals surface area (Å²) < 4.78 is 25.4. The summed E-state index contributed by atoms with van der Waals surface area (Å²) in [6, 6.07) is 21.8. The lowest BCUT2D eigenvalue weighted by Gasteiger charge is -2.39. The highest BCUT2D eigenvalue weighted by molar-refractivity contribution is 7.92. The van der Waals surface area contributed by atoms with Crippen LogP contribution in [0.3, 0.4) is 0 Å². The average Bonchev–Trinajstić information content (AvgIpc) is 3.12. The molecule has 1 aliphatic rings. The molecule has 0 atom stereocenters. The molecule has 0 bridgehead atoms. The molecular weight excluding hydrogens is 547 g/mol. The number of piperazine rings is 1. The molecule has 3 aromatic rings. The minimum Gasteiger partial charge on any atom is -0.300 e. The summed E-state index contributed by atoms with van der Waals surface area (Å²) in [6.07, 6.45) is 2.04. The number of nitrogens with one attached hydrogen (secondary N) is 1. The topological polar surface area (TPSA) is 65.5 Å². The maximum Gasteiger partial charge on any atom is 0.231 e. The van der Waals surface area contributed by atoms with Gasteiger partial charge in [-0.25, -0.2) is 13.4 Å². The summed E-state index contributed by atoms with van der Waals surface area (Å²) in [5.74, 6) is 0. The Morgan fingerprint density at radius 3 is 1.91 bits per heavy atom. The van der Waals surface area contributed by atoms with Gasteiger partial charge in [-0.2, -0.15) is 0 Å². The van der Waals surface area contributed by atoms with E-state index < -0.39 is 10.0 Å². The third-order valence-electron chi connectivity index (χ3n) is 5.82. The molecule has 0 aliphatic carbocycles. The Bertz CT molecular complexity index is 1080. The van der Waals surface area contributed by atoms with Gasteiger partial charge < -0.3 is 4.90 Å². The van der Waals surface area contributed by atoms with Crippen molar-refractivity contribution in [3.8, 4) is 0 Å². The van der Waals surface area contributed by atoms with Crippen LogP contribution in [0.5, 0.6) is 0 Å². The van der Waals surface area contributed by atoms with Crippen LogP contribution >= 0.6 is 48.6 Å². The Morgan fingerprint density at radius 1 is 0.914 bits per heavy atom. The highest BCUT2D eigenvalue weighted by Gasteiger charge is 2.26. The summed E-state index contributed by atoms with van der Waals surface area (Å²) in [5.41, 5.74) is 3.57. The molecule has 194 valence electrons. The van der Waals surface area contributed by atoms with E-state index in [9.17, 15) is 8.42 Å². The van der Waals surface area contributed by atoms with Crippen LogP contribution < -0.4 is 4.72 Å². The Hall–Kier alpha value is -1.39. The van der Waals surface area contributed by atoms with Gasteiger partial charge in [0, 0.05) is 37.6 Å². The zero-order valence-corrected chi connectivity index (χ0v) is 23.9. The first-order chi connectivity index (χ1) is 15.4. The fourth-order valence-corrected chi connectivity index (χ4v) is 6.04. The van der Waals surface area contributed by atoms with E-state index in [2.05, 4.69) is 80.2 Å². The van der Waals surface area contributed by atoms with Crippen molar-refractivity contribution < 1.29 is 8.42 Å². The average molecular weight is 580 g/mol. The highest BCUT2D eigenvalue weighted by Crippen LogP contribution is 2.30. The minimum absolute atomic E-state index is 0. The summed E-state index contributed by atoms with van der Waals surface area (Å²) in [4.78, 5) is 10.6. The number of hydrogen-bond donors (Lipinski definition) is 1. The van der Waals surface area contributed by atoms with Crippen molar-refractivity contribution >= 4 is 63.7 Å². The number of aryl methyl sites for hydroxylation is 1. The zero-order chi connectivity index (χ0) is 22.6. The molecule has 2 aromatic carbocycles. The second kappa shape index (κ2) is 14.4. The van der Waals surface area contributed by atoms with Crippen LogP contribution in [0.2, 0.25) is 0 Å². The normalized spacial score (nSPS) is 14.5. The Morgan fingerprint density at radius 2 is 1.43 bits per heavy atom. The van der Waals surface area contributed by atoms with Crippen LogP contribution in [0.4, 0.5) is 5.13 Å². The number of thiazole rings is 1. The lowest BCUT2D eigenvalue weighted by Crippen LogP contribution is -2.48. The van der Waals surface area contributed by atoms with Crippen molar-refractivity contribution in [2.24, 2.45) is 0 Å². The first-order valence-electron chi connectivity index (χ1n) is 10.9. The number of benzene rings is 2. The predicted octanol–water partition coefficient (Wildman–Crippen LogP) is 5.04. The second-order valence-electron chi connectivity index (χ2n) is 8.25. The molecule has 1 aliphatic heterocycles. The van der Waals surface area contributed by atoms with E-state index in [-0.39, 0.29) is 43.3 Å². The van der Waals surface area contributed by atoms with Crippen molar-refractivity contribution in [1.29, 1.82) is 0 Å². The van der Waals surface area contributed by atoms with Crippen LogP contribution in [-0.4, -0.2) is 62.2 Å². The molecule has 1 N–H and O–H groups in total. The summed E-state index contributed by atoms with van der Waals surface area (Å²) in [5, 5.41) is 0.457. The predicted molar refractivity (Wildman–Crippen MR) is 154 cm³/mol. The molecule has 0 amide bonds. The van der Waals surface area contributed by atoms with Gasteiger partial charge in [0.15, 0.2) is 5.13 Å². The molecule has 35 heavy (non-hydrogen) atoms. The Kier molecular flexibility index (Phi) is 13.0. The van der Waals surface area contributed by atoms with Crippen molar-refractivity contribution in [1.82, 2.24) is 14.8 Å². The molecule has 1 saturated heterocycles. The number of anilines is 1. The van der Waals surface area contributed by atoms with Crippen molar-refractivity contribution in [3.63, 3.8) is 0 Å². The lowest BCUT2D eigenvalue weighted by atomic mass is 9.96. The van der Waals surface area contributed by atoms with Gasteiger partial charge >= 0.3 is 0 Å². The number of sulfonamides is 1. The molecule has 0 radical (unpaired) electrons. The van der Waals surface area contributed by atoms with Crippen molar-refractivity contribution in [2.45, 2.75) is 19.4 Å². The van der Waals surface area contributed by atoms with Gasteiger partial charge in [-0.05, 0) is 24.5 Å². The summed E-state index contributed by atoms with van der Waals surface area (Å²) in [7, 11) is -3.29. The molecule has 1 aromatic heterocycles. The van der Waals surface area contributed by atoms with Crippen molar-refractivity contribution in [2.75, 3.05) is 43.7 Å². The summed E-state index contributed by atoms with van der Waals surface area (Å²) >= 11 is 1.44. The highest BCUT2D eigenvalue weighted by atomic mass is 35.5. The molecule has 11 heteroatoms. The lowest BCUT2D eigenvalue weighted by molar-refractivity contribution is 0.110. The van der Waals surface area contributed by atoms with E-state index in [1.54, 1.807) is 0 Å². The molecular formula is C24H33Cl3N4O2S2. The van der Waals surface area contributed by atoms with E-state index in [0.29, 0.717) is 5.13 Å². The largest absolute Gasteiger partial charge is 0.300 e. The van der Waals surface area contributed by atoms with Gasteiger partial charge in [-0.15, -0.1) is 48.6 Å². The number of halogens is 3. The molecule has 6 nitrogen and oxygen atoms in total. The molecule has 4 rings (SSSR count). The van der Waals surface area contributed by atoms with E-state index in [1.807, 2.05) is 6.92 Å². The third-order valence-corrected chi connectivity index (χ3v) is 7.65.